The van der Waals surface area contributed by atoms with Gasteiger partial charge in [-0.2, -0.15) is 0 Å². The summed E-state index contributed by atoms with van der Waals surface area (Å²) in [5.74, 6) is 0. The maximum Gasteiger partial charge on any atom is 0.0550 e. The van der Waals surface area contributed by atoms with E-state index in [4.69, 9.17) is 0 Å². The van der Waals surface area contributed by atoms with E-state index in [1.54, 1.807) is 0 Å². The molecule has 0 unspecified atom stereocenters. The fourth-order valence-electron chi connectivity index (χ4n) is 1.27. The van der Waals surface area contributed by atoms with E-state index >= 15 is 0 Å². The molecule has 11 heavy (non-hydrogen) atoms. The number of hydrogen-bond acceptors (Lipinski definition) is 3. The molecule has 0 spiro atoms. The zero-order valence-electron chi connectivity index (χ0n) is 6.33. The lowest BCUT2D eigenvalue weighted by Gasteiger charge is -2.16. The van der Waals surface area contributed by atoms with Gasteiger partial charge in [-0.1, -0.05) is 0 Å². The summed E-state index contributed by atoms with van der Waals surface area (Å²) in [4.78, 5) is 3.96. The van der Waals surface area contributed by atoms with E-state index in [0.29, 0.717) is 0 Å². The predicted octanol–water partition coefficient (Wildman–Crippen LogP) is 0.796. The fourth-order valence-corrected chi connectivity index (χ4v) is 1.27. The number of hydrazine groups is 1. The van der Waals surface area contributed by atoms with Gasteiger partial charge in [0, 0.05) is 25.5 Å². The van der Waals surface area contributed by atoms with Gasteiger partial charge in [0.15, 0.2) is 0 Å². The molecule has 1 aliphatic rings. The fraction of sp³-hybridized carbons (Fsp3) is 0.375. The third-order valence-corrected chi connectivity index (χ3v) is 1.84. The number of rotatable bonds is 1. The monoisotopic (exact) mass is 149 g/mol. The van der Waals surface area contributed by atoms with Gasteiger partial charge in [0.2, 0.25) is 0 Å². The van der Waals surface area contributed by atoms with Crippen molar-refractivity contribution in [3.8, 4) is 0 Å². The van der Waals surface area contributed by atoms with Crippen molar-refractivity contribution in [1.82, 2.24) is 10.4 Å². The van der Waals surface area contributed by atoms with Crippen molar-refractivity contribution >= 4 is 5.69 Å². The summed E-state index contributed by atoms with van der Waals surface area (Å²) in [5, 5.41) is 2.15. The molecule has 3 heteroatoms. The van der Waals surface area contributed by atoms with Crippen LogP contribution in [-0.4, -0.2) is 18.1 Å². The third-order valence-electron chi connectivity index (χ3n) is 1.84. The Labute approximate surface area is 66.0 Å². The Morgan fingerprint density at radius 2 is 2.18 bits per heavy atom. The summed E-state index contributed by atoms with van der Waals surface area (Å²) >= 11 is 0. The van der Waals surface area contributed by atoms with Gasteiger partial charge in [0.1, 0.15) is 0 Å². The van der Waals surface area contributed by atoms with Gasteiger partial charge < -0.3 is 5.01 Å². The van der Waals surface area contributed by atoms with Crippen LogP contribution in [0.2, 0.25) is 0 Å². The lowest BCUT2D eigenvalue weighted by atomic mass is 10.4. The Kier molecular flexibility index (Phi) is 1.73. The first kappa shape index (κ1) is 6.61. The van der Waals surface area contributed by atoms with E-state index in [2.05, 4.69) is 15.4 Å². The van der Waals surface area contributed by atoms with Gasteiger partial charge in [-0.05, 0) is 18.6 Å². The molecule has 1 aromatic heterocycles. The van der Waals surface area contributed by atoms with Crippen molar-refractivity contribution in [2.75, 3.05) is 18.1 Å². The highest BCUT2D eigenvalue weighted by Gasteiger charge is 2.09. The molecule has 3 nitrogen and oxygen atoms in total. The van der Waals surface area contributed by atoms with E-state index in [0.717, 1.165) is 13.1 Å². The molecule has 0 amide bonds. The van der Waals surface area contributed by atoms with Crippen LogP contribution in [0.5, 0.6) is 0 Å². The number of hydrogen-bond donors (Lipinski definition) is 1. The second-order valence-electron chi connectivity index (χ2n) is 2.62. The SMILES string of the molecule is c1cc(N2CCCN2)ccn1. The molecule has 2 rings (SSSR count). The zero-order chi connectivity index (χ0) is 7.52. The molecule has 1 fully saturated rings. The summed E-state index contributed by atoms with van der Waals surface area (Å²) < 4.78 is 0. The second kappa shape index (κ2) is 2.88. The average molecular weight is 149 g/mol. The number of nitrogens with zero attached hydrogens (tertiary/aromatic N) is 2. The van der Waals surface area contributed by atoms with Crippen LogP contribution in [0.1, 0.15) is 6.42 Å². The highest BCUT2D eigenvalue weighted by Crippen LogP contribution is 2.12. The molecule has 1 aliphatic heterocycles. The molecule has 2 heterocycles. The first-order valence-corrected chi connectivity index (χ1v) is 3.88. The summed E-state index contributed by atoms with van der Waals surface area (Å²) in [6.45, 7) is 2.19. The lowest BCUT2D eigenvalue weighted by molar-refractivity contribution is 0.786. The number of anilines is 1. The van der Waals surface area contributed by atoms with Crippen molar-refractivity contribution in [2.24, 2.45) is 0 Å². The van der Waals surface area contributed by atoms with Crippen molar-refractivity contribution in [2.45, 2.75) is 6.42 Å². The smallest absolute Gasteiger partial charge is 0.0550 e. The highest BCUT2D eigenvalue weighted by atomic mass is 15.5. The first-order chi connectivity index (χ1) is 5.47. The molecule has 1 aromatic rings. The summed E-state index contributed by atoms with van der Waals surface area (Å²) in [6, 6.07) is 4.02. The zero-order valence-corrected chi connectivity index (χ0v) is 6.33. The van der Waals surface area contributed by atoms with Crippen molar-refractivity contribution in [3.63, 3.8) is 0 Å². The number of aromatic nitrogens is 1. The largest absolute Gasteiger partial charge is 0.308 e. The Morgan fingerprint density at radius 1 is 1.36 bits per heavy atom. The van der Waals surface area contributed by atoms with Gasteiger partial charge in [-0.3, -0.25) is 4.98 Å². The molecule has 0 saturated carbocycles. The first-order valence-electron chi connectivity index (χ1n) is 3.88. The van der Waals surface area contributed by atoms with Crippen molar-refractivity contribution in [3.05, 3.63) is 24.5 Å². The third kappa shape index (κ3) is 1.33. The van der Waals surface area contributed by atoms with E-state index in [-0.39, 0.29) is 0 Å². The van der Waals surface area contributed by atoms with Crippen LogP contribution < -0.4 is 10.4 Å². The van der Waals surface area contributed by atoms with Crippen LogP contribution in [0, 0.1) is 0 Å². The van der Waals surface area contributed by atoms with E-state index in [9.17, 15) is 0 Å². The minimum absolute atomic E-state index is 1.09. The average Bonchev–Trinajstić information content (AvgIpc) is 2.58. The molecule has 0 atom stereocenters. The molecular formula is C8H11N3. The lowest BCUT2D eigenvalue weighted by Crippen LogP contribution is -2.30. The second-order valence-corrected chi connectivity index (χ2v) is 2.62. The van der Waals surface area contributed by atoms with Gasteiger partial charge >= 0.3 is 0 Å². The van der Waals surface area contributed by atoms with Crippen LogP contribution in [0.25, 0.3) is 0 Å². The Hall–Kier alpha value is -1.09. The standard InChI is InChI=1S/C8H11N3/c1-4-10-11(7-1)8-2-5-9-6-3-8/h2-3,5-6,10H,1,4,7H2. The predicted molar refractivity (Wildman–Crippen MR) is 44.2 cm³/mol. The molecule has 1 N–H and O–H groups in total. The minimum atomic E-state index is 1.09. The van der Waals surface area contributed by atoms with E-state index in [1.165, 1.54) is 12.1 Å². The molecule has 58 valence electrons. The number of pyridine rings is 1. The van der Waals surface area contributed by atoms with Crippen LogP contribution in [0.15, 0.2) is 24.5 Å². The normalized spacial score (nSPS) is 17.3. The Bertz CT molecular complexity index is 216. The molecule has 0 bridgehead atoms. The summed E-state index contributed by atoms with van der Waals surface area (Å²) in [6.07, 6.45) is 4.85. The maximum atomic E-state index is 3.96. The topological polar surface area (TPSA) is 28.2 Å². The number of nitrogens with one attached hydrogen (secondary N) is 1. The molecular weight excluding hydrogens is 138 g/mol. The van der Waals surface area contributed by atoms with E-state index < -0.39 is 0 Å². The molecule has 0 aliphatic carbocycles. The van der Waals surface area contributed by atoms with Crippen molar-refractivity contribution < 1.29 is 0 Å². The summed E-state index contributed by atoms with van der Waals surface area (Å²) in [7, 11) is 0. The van der Waals surface area contributed by atoms with Crippen molar-refractivity contribution in [1.29, 1.82) is 0 Å². The van der Waals surface area contributed by atoms with Crippen LogP contribution in [-0.2, 0) is 0 Å². The van der Waals surface area contributed by atoms with E-state index in [1.807, 2.05) is 24.5 Å². The van der Waals surface area contributed by atoms with Crippen LogP contribution in [0.3, 0.4) is 0 Å². The quantitative estimate of drug-likeness (QED) is 0.640. The molecule has 0 aromatic carbocycles. The maximum absolute atomic E-state index is 3.96. The summed E-state index contributed by atoms with van der Waals surface area (Å²) in [5.41, 5.74) is 4.48. The van der Waals surface area contributed by atoms with Gasteiger partial charge in [-0.15, -0.1) is 0 Å². The van der Waals surface area contributed by atoms with Crippen LogP contribution in [0.4, 0.5) is 5.69 Å². The Morgan fingerprint density at radius 3 is 2.82 bits per heavy atom. The Balaban J connectivity index is 2.16. The van der Waals surface area contributed by atoms with Crippen LogP contribution >= 0.6 is 0 Å². The highest BCUT2D eigenvalue weighted by molar-refractivity contribution is 5.43. The van der Waals surface area contributed by atoms with Gasteiger partial charge in [0.25, 0.3) is 0 Å². The van der Waals surface area contributed by atoms with Gasteiger partial charge in [-0.25, -0.2) is 5.43 Å². The molecule has 0 radical (unpaired) electrons. The minimum Gasteiger partial charge on any atom is -0.308 e. The van der Waals surface area contributed by atoms with Gasteiger partial charge in [0.05, 0.1) is 5.69 Å². The molecule has 1 saturated heterocycles.